The molecule has 1 heterocycles. The lowest BCUT2D eigenvalue weighted by molar-refractivity contribution is 0.226. The zero-order chi connectivity index (χ0) is 12.5. The van der Waals surface area contributed by atoms with E-state index in [0.717, 1.165) is 13.0 Å². The van der Waals surface area contributed by atoms with Crippen molar-refractivity contribution in [3.63, 3.8) is 0 Å². The van der Waals surface area contributed by atoms with Crippen molar-refractivity contribution in [2.75, 3.05) is 19.0 Å². The van der Waals surface area contributed by atoms with Crippen LogP contribution in [0.4, 0.5) is 5.95 Å². The third kappa shape index (κ3) is 5.02. The van der Waals surface area contributed by atoms with Crippen LogP contribution in [0.25, 0.3) is 0 Å². The van der Waals surface area contributed by atoms with E-state index in [1.165, 1.54) is 19.3 Å². The maximum Gasteiger partial charge on any atom is 0.225 e. The van der Waals surface area contributed by atoms with Gasteiger partial charge in [-0.25, -0.2) is 4.98 Å². The minimum Gasteiger partial charge on any atom is -0.477 e. The lowest BCUT2D eigenvalue weighted by Gasteiger charge is -2.15. The molecule has 0 aliphatic carbocycles. The molecule has 4 heteroatoms. The number of ether oxygens (including phenoxy) is 1. The molecule has 0 aromatic carbocycles. The summed E-state index contributed by atoms with van der Waals surface area (Å²) in [6.07, 6.45) is 6.61. The van der Waals surface area contributed by atoms with Crippen LogP contribution in [0.15, 0.2) is 12.3 Å². The SMILES string of the molecule is CCCCC(CC)COc1ccnc(NC)n1. The van der Waals surface area contributed by atoms with Crippen molar-refractivity contribution < 1.29 is 4.74 Å². The molecule has 0 saturated carbocycles. The molecule has 1 atom stereocenters. The predicted octanol–water partition coefficient (Wildman–Crippen LogP) is 3.11. The molecule has 0 spiro atoms. The lowest BCUT2D eigenvalue weighted by Crippen LogP contribution is -2.12. The van der Waals surface area contributed by atoms with Crippen molar-refractivity contribution in [2.45, 2.75) is 39.5 Å². The Morgan fingerprint density at radius 3 is 2.88 bits per heavy atom. The van der Waals surface area contributed by atoms with Crippen molar-refractivity contribution >= 4 is 5.95 Å². The van der Waals surface area contributed by atoms with E-state index in [-0.39, 0.29) is 0 Å². The smallest absolute Gasteiger partial charge is 0.225 e. The number of nitrogens with one attached hydrogen (secondary N) is 1. The number of hydrogen-bond acceptors (Lipinski definition) is 4. The summed E-state index contributed by atoms with van der Waals surface area (Å²) in [7, 11) is 1.80. The Balaban J connectivity index is 2.41. The number of nitrogens with zero attached hydrogens (tertiary/aromatic N) is 2. The quantitative estimate of drug-likeness (QED) is 0.754. The summed E-state index contributed by atoms with van der Waals surface area (Å²) in [4.78, 5) is 8.29. The largest absolute Gasteiger partial charge is 0.477 e. The van der Waals surface area contributed by atoms with Crippen LogP contribution in [0, 0.1) is 5.92 Å². The predicted molar refractivity (Wildman–Crippen MR) is 70.4 cm³/mol. The Morgan fingerprint density at radius 2 is 2.24 bits per heavy atom. The van der Waals surface area contributed by atoms with Gasteiger partial charge in [0, 0.05) is 19.3 Å². The molecule has 0 fully saturated rings. The Bertz CT molecular complexity index is 317. The van der Waals surface area contributed by atoms with E-state index in [9.17, 15) is 0 Å². The fourth-order valence-corrected chi connectivity index (χ4v) is 1.64. The standard InChI is InChI=1S/C13H23N3O/c1-4-6-7-11(5-2)10-17-12-8-9-15-13(14-3)16-12/h8-9,11H,4-7,10H2,1-3H3,(H,14,15,16). The Kier molecular flexibility index (Phi) is 6.37. The molecule has 4 nitrogen and oxygen atoms in total. The second-order valence-electron chi connectivity index (χ2n) is 4.20. The third-order valence-electron chi connectivity index (χ3n) is 2.86. The maximum atomic E-state index is 5.71. The van der Waals surface area contributed by atoms with E-state index in [4.69, 9.17) is 4.74 Å². The molecule has 0 saturated heterocycles. The summed E-state index contributed by atoms with van der Waals surface area (Å²) in [5, 5.41) is 2.90. The molecule has 1 aromatic rings. The highest BCUT2D eigenvalue weighted by atomic mass is 16.5. The summed E-state index contributed by atoms with van der Waals surface area (Å²) in [5.41, 5.74) is 0. The molecular formula is C13H23N3O. The summed E-state index contributed by atoms with van der Waals surface area (Å²) >= 11 is 0. The molecule has 1 aromatic heterocycles. The molecule has 0 aliphatic heterocycles. The Morgan fingerprint density at radius 1 is 1.41 bits per heavy atom. The van der Waals surface area contributed by atoms with Gasteiger partial charge in [-0.3, -0.25) is 0 Å². The first-order valence-electron chi connectivity index (χ1n) is 6.43. The van der Waals surface area contributed by atoms with Crippen LogP contribution in [0.1, 0.15) is 39.5 Å². The molecule has 0 bridgehead atoms. The fraction of sp³-hybridized carbons (Fsp3) is 0.692. The molecule has 0 aliphatic rings. The minimum absolute atomic E-state index is 0.601. The normalized spacial score (nSPS) is 12.2. The van der Waals surface area contributed by atoms with E-state index < -0.39 is 0 Å². The number of aromatic nitrogens is 2. The Labute approximate surface area is 104 Å². The van der Waals surface area contributed by atoms with Gasteiger partial charge in [0.15, 0.2) is 0 Å². The first kappa shape index (κ1) is 13.7. The van der Waals surface area contributed by atoms with Gasteiger partial charge in [-0.05, 0) is 12.3 Å². The zero-order valence-electron chi connectivity index (χ0n) is 11.1. The second kappa shape index (κ2) is 7.87. The third-order valence-corrected chi connectivity index (χ3v) is 2.86. The van der Waals surface area contributed by atoms with E-state index in [1.54, 1.807) is 19.3 Å². The van der Waals surface area contributed by atoms with Gasteiger partial charge in [0.05, 0.1) is 6.61 Å². The number of anilines is 1. The van der Waals surface area contributed by atoms with Crippen molar-refractivity contribution in [2.24, 2.45) is 5.92 Å². The molecule has 1 unspecified atom stereocenters. The van der Waals surface area contributed by atoms with E-state index in [1.807, 2.05) is 0 Å². The van der Waals surface area contributed by atoms with Gasteiger partial charge < -0.3 is 10.1 Å². The number of unbranched alkanes of at least 4 members (excludes halogenated alkanes) is 1. The average molecular weight is 237 g/mol. The van der Waals surface area contributed by atoms with Crippen LogP contribution >= 0.6 is 0 Å². The van der Waals surface area contributed by atoms with Crippen LogP contribution < -0.4 is 10.1 Å². The van der Waals surface area contributed by atoms with Gasteiger partial charge in [0.1, 0.15) is 0 Å². The Hall–Kier alpha value is -1.32. The molecule has 0 radical (unpaired) electrons. The first-order valence-corrected chi connectivity index (χ1v) is 6.43. The highest BCUT2D eigenvalue weighted by Gasteiger charge is 2.07. The van der Waals surface area contributed by atoms with Crippen LogP contribution in [-0.2, 0) is 0 Å². The van der Waals surface area contributed by atoms with Gasteiger partial charge >= 0.3 is 0 Å². The van der Waals surface area contributed by atoms with Gasteiger partial charge in [-0.15, -0.1) is 0 Å². The van der Waals surface area contributed by atoms with Crippen molar-refractivity contribution in [1.29, 1.82) is 0 Å². The van der Waals surface area contributed by atoms with Crippen molar-refractivity contribution in [3.05, 3.63) is 12.3 Å². The minimum atomic E-state index is 0.601. The van der Waals surface area contributed by atoms with Crippen LogP contribution in [0.5, 0.6) is 5.88 Å². The van der Waals surface area contributed by atoms with E-state index >= 15 is 0 Å². The van der Waals surface area contributed by atoms with Crippen LogP contribution in [0.2, 0.25) is 0 Å². The summed E-state index contributed by atoms with van der Waals surface area (Å²) in [6.45, 7) is 5.18. The number of rotatable bonds is 8. The molecule has 17 heavy (non-hydrogen) atoms. The first-order chi connectivity index (χ1) is 8.30. The highest BCUT2D eigenvalue weighted by Crippen LogP contribution is 2.15. The van der Waals surface area contributed by atoms with Crippen molar-refractivity contribution in [3.8, 4) is 5.88 Å². The number of hydrogen-bond donors (Lipinski definition) is 1. The van der Waals surface area contributed by atoms with Gasteiger partial charge in [-0.1, -0.05) is 33.1 Å². The van der Waals surface area contributed by atoms with E-state index in [2.05, 4.69) is 29.1 Å². The molecule has 1 rings (SSSR count). The molecule has 1 N–H and O–H groups in total. The van der Waals surface area contributed by atoms with Gasteiger partial charge in [-0.2, -0.15) is 4.98 Å². The van der Waals surface area contributed by atoms with Gasteiger partial charge in [0.25, 0.3) is 0 Å². The maximum absolute atomic E-state index is 5.71. The average Bonchev–Trinajstić information content (AvgIpc) is 2.39. The van der Waals surface area contributed by atoms with Crippen molar-refractivity contribution in [1.82, 2.24) is 9.97 Å². The lowest BCUT2D eigenvalue weighted by atomic mass is 10.0. The summed E-state index contributed by atoms with van der Waals surface area (Å²) < 4.78 is 5.71. The molecule has 96 valence electrons. The van der Waals surface area contributed by atoms with Gasteiger partial charge in [0.2, 0.25) is 11.8 Å². The zero-order valence-corrected chi connectivity index (χ0v) is 11.1. The second-order valence-corrected chi connectivity index (χ2v) is 4.20. The van der Waals surface area contributed by atoms with Crippen LogP contribution in [-0.4, -0.2) is 23.6 Å². The summed E-state index contributed by atoms with van der Waals surface area (Å²) in [6, 6.07) is 1.80. The summed E-state index contributed by atoms with van der Waals surface area (Å²) in [5.74, 6) is 1.88. The highest BCUT2D eigenvalue weighted by molar-refractivity contribution is 5.25. The topological polar surface area (TPSA) is 47.0 Å². The van der Waals surface area contributed by atoms with E-state index in [0.29, 0.717) is 17.7 Å². The molecule has 0 amide bonds. The fourth-order valence-electron chi connectivity index (χ4n) is 1.64. The van der Waals surface area contributed by atoms with Crippen LogP contribution in [0.3, 0.4) is 0 Å². The molecular weight excluding hydrogens is 214 g/mol. The monoisotopic (exact) mass is 237 g/mol.